The molecule has 0 amide bonds. The molecule has 3 rings (SSSR count). The van der Waals surface area contributed by atoms with Gasteiger partial charge in [-0.25, -0.2) is 18.3 Å². The fourth-order valence-electron chi connectivity index (χ4n) is 3.58. The van der Waals surface area contributed by atoms with Crippen LogP contribution in [0.15, 0.2) is 30.5 Å². The number of carbonyl (C=O) groups is 2. The number of aromatic nitrogens is 2. The third-order valence-corrected chi connectivity index (χ3v) is 5.21. The summed E-state index contributed by atoms with van der Waals surface area (Å²) in [5.74, 6) is -0.741. The third kappa shape index (κ3) is 4.87. The fraction of sp³-hybridized carbons (Fsp3) is 0.476. The highest BCUT2D eigenvalue weighted by atomic mass is 19.3. The number of alkyl halides is 2. The predicted octanol–water partition coefficient (Wildman–Crippen LogP) is 3.86. The first-order valence-electron chi connectivity index (χ1n) is 9.75. The van der Waals surface area contributed by atoms with E-state index >= 15 is 0 Å². The number of hydrogen-bond acceptors (Lipinski definition) is 5. The number of nitrogens with zero attached hydrogens (tertiary/aromatic N) is 3. The Bertz CT molecular complexity index is 857. The number of piperidine rings is 1. The van der Waals surface area contributed by atoms with Gasteiger partial charge >= 0.3 is 5.97 Å². The van der Waals surface area contributed by atoms with Crippen molar-refractivity contribution >= 4 is 11.8 Å². The van der Waals surface area contributed by atoms with Gasteiger partial charge < -0.3 is 4.74 Å². The molecular weight excluding hydrogens is 380 g/mol. The zero-order valence-corrected chi connectivity index (χ0v) is 16.6. The number of likely N-dealkylation sites (tertiary alicyclic amines) is 1. The van der Waals surface area contributed by atoms with E-state index in [0.717, 1.165) is 16.4 Å². The van der Waals surface area contributed by atoms with E-state index in [9.17, 15) is 18.4 Å². The van der Waals surface area contributed by atoms with Gasteiger partial charge in [-0.05, 0) is 26.7 Å². The van der Waals surface area contributed by atoms with Gasteiger partial charge in [0.1, 0.15) is 11.3 Å². The number of ketones is 1. The standard InChI is InChI=1S/C21H25F2N3O3/c1-3-29-21(28)17-12-24-26(18(17)20(22)23)13-25-10-8-16(9-11-25)19(27)15-6-4-14(2)5-7-15/h4-7,12,16,20H,3,8-11,13H2,1-2H3. The van der Waals surface area contributed by atoms with E-state index in [2.05, 4.69) is 5.10 Å². The van der Waals surface area contributed by atoms with Crippen molar-refractivity contribution < 1.29 is 23.1 Å². The zero-order chi connectivity index (χ0) is 21.0. The number of benzene rings is 1. The topological polar surface area (TPSA) is 64.4 Å². The van der Waals surface area contributed by atoms with Gasteiger partial charge in [-0.15, -0.1) is 0 Å². The Kier molecular flexibility index (Phi) is 6.74. The highest BCUT2D eigenvalue weighted by Gasteiger charge is 2.29. The maximum absolute atomic E-state index is 13.5. The van der Waals surface area contributed by atoms with E-state index < -0.39 is 18.1 Å². The Balaban J connectivity index is 1.63. The van der Waals surface area contributed by atoms with E-state index in [1.165, 1.54) is 0 Å². The van der Waals surface area contributed by atoms with Crippen molar-refractivity contribution in [3.63, 3.8) is 0 Å². The van der Waals surface area contributed by atoms with Crippen molar-refractivity contribution in [2.45, 2.75) is 39.8 Å². The summed E-state index contributed by atoms with van der Waals surface area (Å²) < 4.78 is 33.0. The normalized spacial score (nSPS) is 15.6. The molecule has 29 heavy (non-hydrogen) atoms. The summed E-state index contributed by atoms with van der Waals surface area (Å²) in [6.45, 7) is 5.04. The molecule has 2 aromatic rings. The van der Waals surface area contributed by atoms with Crippen LogP contribution in [-0.4, -0.2) is 46.1 Å². The molecule has 1 aliphatic heterocycles. The summed E-state index contributed by atoms with van der Waals surface area (Å²) in [4.78, 5) is 26.5. The molecule has 0 saturated carbocycles. The molecule has 0 spiro atoms. The molecule has 1 saturated heterocycles. The average molecular weight is 405 g/mol. The first kappa shape index (κ1) is 21.1. The number of halogens is 2. The van der Waals surface area contributed by atoms with Gasteiger partial charge in [0, 0.05) is 24.6 Å². The Morgan fingerprint density at radius 3 is 2.45 bits per heavy atom. The van der Waals surface area contributed by atoms with Gasteiger partial charge in [0.2, 0.25) is 0 Å². The summed E-state index contributed by atoms with van der Waals surface area (Å²) in [6.07, 6.45) is -0.393. The Morgan fingerprint density at radius 2 is 1.86 bits per heavy atom. The van der Waals surface area contributed by atoms with Crippen LogP contribution in [0.2, 0.25) is 0 Å². The van der Waals surface area contributed by atoms with Crippen molar-refractivity contribution in [1.82, 2.24) is 14.7 Å². The summed E-state index contributed by atoms with van der Waals surface area (Å²) in [5.41, 5.74) is 1.18. The first-order valence-corrected chi connectivity index (χ1v) is 9.75. The lowest BCUT2D eigenvalue weighted by atomic mass is 9.89. The molecule has 0 unspecified atom stereocenters. The largest absolute Gasteiger partial charge is 0.462 e. The van der Waals surface area contributed by atoms with Gasteiger partial charge in [-0.1, -0.05) is 29.8 Å². The molecule has 0 radical (unpaired) electrons. The fourth-order valence-corrected chi connectivity index (χ4v) is 3.58. The Hall–Kier alpha value is -2.61. The molecule has 1 aromatic heterocycles. The second-order valence-electron chi connectivity index (χ2n) is 7.23. The van der Waals surface area contributed by atoms with Gasteiger partial charge in [-0.3, -0.25) is 9.69 Å². The lowest BCUT2D eigenvalue weighted by Gasteiger charge is -2.31. The number of Topliss-reactive ketones (excluding diaryl/α,β-unsaturated/α-hetero) is 1. The second-order valence-corrected chi connectivity index (χ2v) is 7.23. The summed E-state index contributed by atoms with van der Waals surface area (Å²) in [5, 5.41) is 3.97. The number of carbonyl (C=O) groups excluding carboxylic acids is 2. The van der Waals surface area contributed by atoms with E-state index in [4.69, 9.17) is 4.74 Å². The molecule has 0 aliphatic carbocycles. The van der Waals surface area contributed by atoms with Crippen LogP contribution in [0.5, 0.6) is 0 Å². The number of rotatable bonds is 7. The molecular formula is C21H25F2N3O3. The minimum absolute atomic E-state index is 0.0729. The van der Waals surface area contributed by atoms with E-state index in [1.807, 2.05) is 36.1 Å². The van der Waals surface area contributed by atoms with E-state index in [1.54, 1.807) is 6.92 Å². The smallest absolute Gasteiger partial charge is 0.341 e. The van der Waals surface area contributed by atoms with Gasteiger partial charge in [0.15, 0.2) is 5.78 Å². The molecule has 1 aliphatic rings. The van der Waals surface area contributed by atoms with Crippen LogP contribution in [0.4, 0.5) is 8.78 Å². The lowest BCUT2D eigenvalue weighted by Crippen LogP contribution is -2.38. The minimum atomic E-state index is -2.84. The zero-order valence-electron chi connectivity index (χ0n) is 16.6. The number of hydrogen-bond donors (Lipinski definition) is 0. The van der Waals surface area contributed by atoms with Crippen molar-refractivity contribution in [3.05, 3.63) is 52.8 Å². The van der Waals surface area contributed by atoms with E-state index in [-0.39, 0.29) is 30.5 Å². The Morgan fingerprint density at radius 1 is 1.21 bits per heavy atom. The maximum Gasteiger partial charge on any atom is 0.341 e. The van der Waals surface area contributed by atoms with Crippen molar-refractivity contribution in [3.8, 4) is 0 Å². The Labute approximate surface area is 168 Å². The van der Waals surface area contributed by atoms with Gasteiger partial charge in [-0.2, -0.15) is 5.10 Å². The number of aryl methyl sites for hydroxylation is 1. The molecule has 8 heteroatoms. The summed E-state index contributed by atoms with van der Waals surface area (Å²) in [6, 6.07) is 7.54. The van der Waals surface area contributed by atoms with E-state index in [0.29, 0.717) is 31.5 Å². The molecule has 156 valence electrons. The van der Waals surface area contributed by atoms with Crippen molar-refractivity contribution in [2.24, 2.45) is 5.92 Å². The van der Waals surface area contributed by atoms with Crippen LogP contribution >= 0.6 is 0 Å². The maximum atomic E-state index is 13.5. The van der Waals surface area contributed by atoms with Crippen LogP contribution in [-0.2, 0) is 11.4 Å². The van der Waals surface area contributed by atoms with Crippen molar-refractivity contribution in [2.75, 3.05) is 19.7 Å². The van der Waals surface area contributed by atoms with Crippen LogP contribution in [0.1, 0.15) is 58.2 Å². The monoisotopic (exact) mass is 405 g/mol. The number of ether oxygens (including phenoxy) is 1. The highest BCUT2D eigenvalue weighted by molar-refractivity contribution is 5.97. The molecule has 0 atom stereocenters. The van der Waals surface area contributed by atoms with Crippen LogP contribution in [0.3, 0.4) is 0 Å². The molecule has 1 fully saturated rings. The van der Waals surface area contributed by atoms with Crippen molar-refractivity contribution in [1.29, 1.82) is 0 Å². The second kappa shape index (κ2) is 9.26. The van der Waals surface area contributed by atoms with Crippen LogP contribution in [0.25, 0.3) is 0 Å². The summed E-state index contributed by atoms with van der Waals surface area (Å²) in [7, 11) is 0. The SMILES string of the molecule is CCOC(=O)c1cnn(CN2CCC(C(=O)c3ccc(C)cc3)CC2)c1C(F)F. The molecule has 0 N–H and O–H groups in total. The van der Waals surface area contributed by atoms with Crippen LogP contribution < -0.4 is 0 Å². The highest BCUT2D eigenvalue weighted by Crippen LogP contribution is 2.26. The lowest BCUT2D eigenvalue weighted by molar-refractivity contribution is 0.0509. The minimum Gasteiger partial charge on any atom is -0.462 e. The third-order valence-electron chi connectivity index (χ3n) is 5.21. The van der Waals surface area contributed by atoms with Gasteiger partial charge in [0.25, 0.3) is 6.43 Å². The average Bonchev–Trinajstić information content (AvgIpc) is 3.13. The molecule has 2 heterocycles. The molecule has 6 nitrogen and oxygen atoms in total. The molecule has 0 bridgehead atoms. The summed E-state index contributed by atoms with van der Waals surface area (Å²) >= 11 is 0. The molecule has 1 aromatic carbocycles. The van der Waals surface area contributed by atoms with Crippen LogP contribution in [0, 0.1) is 12.8 Å². The predicted molar refractivity (Wildman–Crippen MR) is 103 cm³/mol. The van der Waals surface area contributed by atoms with Gasteiger partial charge in [0.05, 0.1) is 19.5 Å². The quantitative estimate of drug-likeness (QED) is 0.517. The first-order chi connectivity index (χ1) is 13.9. The number of esters is 1.